The fourth-order valence-electron chi connectivity index (χ4n) is 2.02. The van der Waals surface area contributed by atoms with Gasteiger partial charge in [0, 0.05) is 14.2 Å². The van der Waals surface area contributed by atoms with Crippen LogP contribution in [0.1, 0.15) is 26.2 Å². The zero-order valence-electron chi connectivity index (χ0n) is 11.1. The molecule has 0 aliphatic carbocycles. The molecule has 0 aromatic heterocycles. The number of amides is 1. The summed E-state index contributed by atoms with van der Waals surface area (Å²) in [7, 11) is 3.28. The number of carbonyl (C=O) groups is 1. The van der Waals surface area contributed by atoms with E-state index in [1.807, 2.05) is 4.90 Å². The van der Waals surface area contributed by atoms with E-state index in [0.717, 1.165) is 19.3 Å². The average Bonchev–Trinajstić information content (AvgIpc) is 2.67. The number of hydrogen-bond acceptors (Lipinski definition) is 4. The molecule has 5 heteroatoms. The van der Waals surface area contributed by atoms with E-state index < -0.39 is 0 Å². The molecule has 0 spiro atoms. The topological polar surface area (TPSA) is 50.8 Å². The van der Waals surface area contributed by atoms with Gasteiger partial charge in [-0.3, -0.25) is 10.1 Å². The third kappa shape index (κ3) is 4.26. The first kappa shape index (κ1) is 14.4. The highest BCUT2D eigenvalue weighted by Gasteiger charge is 2.31. The minimum atomic E-state index is -0.0457. The van der Waals surface area contributed by atoms with Crippen LogP contribution in [0.25, 0.3) is 0 Å². The Labute approximate surface area is 103 Å². The summed E-state index contributed by atoms with van der Waals surface area (Å²) in [6.07, 6.45) is 3.09. The normalized spacial score (nSPS) is 22.2. The predicted octanol–water partition coefficient (Wildman–Crippen LogP) is 0.596. The Morgan fingerprint density at radius 1 is 1.53 bits per heavy atom. The molecule has 1 amide bonds. The Morgan fingerprint density at radius 3 is 2.88 bits per heavy atom. The monoisotopic (exact) mass is 244 g/mol. The van der Waals surface area contributed by atoms with Crippen LogP contribution in [0.5, 0.6) is 0 Å². The molecule has 1 aliphatic heterocycles. The predicted molar refractivity (Wildman–Crippen MR) is 65.7 cm³/mol. The maximum absolute atomic E-state index is 12.0. The lowest BCUT2D eigenvalue weighted by Gasteiger charge is -2.21. The van der Waals surface area contributed by atoms with Gasteiger partial charge in [-0.25, -0.2) is 0 Å². The van der Waals surface area contributed by atoms with E-state index in [1.165, 1.54) is 0 Å². The largest absolute Gasteiger partial charge is 0.382 e. The number of nitrogens with one attached hydrogen (secondary N) is 1. The maximum atomic E-state index is 12.0. The Bertz CT molecular complexity index is 236. The SMILES string of the molecule is CCCCC1NCN(CC(COC)OC)C1=O. The van der Waals surface area contributed by atoms with Crippen molar-refractivity contribution < 1.29 is 14.3 Å². The molecule has 0 bridgehead atoms. The summed E-state index contributed by atoms with van der Waals surface area (Å²) in [6.45, 7) is 3.87. The van der Waals surface area contributed by atoms with Crippen molar-refractivity contribution in [2.45, 2.75) is 38.3 Å². The highest BCUT2D eigenvalue weighted by molar-refractivity contribution is 5.83. The van der Waals surface area contributed by atoms with Crippen LogP contribution in [0.3, 0.4) is 0 Å². The van der Waals surface area contributed by atoms with Crippen LogP contribution in [-0.4, -0.2) is 57.0 Å². The lowest BCUT2D eigenvalue weighted by atomic mass is 10.1. The molecule has 1 N–H and O–H groups in total. The van der Waals surface area contributed by atoms with Crippen LogP contribution in [0, 0.1) is 0 Å². The highest BCUT2D eigenvalue weighted by Crippen LogP contribution is 2.11. The molecular weight excluding hydrogens is 220 g/mol. The Balaban J connectivity index is 2.38. The van der Waals surface area contributed by atoms with Crippen molar-refractivity contribution in [3.8, 4) is 0 Å². The number of ether oxygens (including phenoxy) is 2. The van der Waals surface area contributed by atoms with E-state index in [-0.39, 0.29) is 18.1 Å². The Kier molecular flexibility index (Phi) is 6.47. The van der Waals surface area contributed by atoms with Crippen LogP contribution in [-0.2, 0) is 14.3 Å². The zero-order chi connectivity index (χ0) is 12.7. The minimum Gasteiger partial charge on any atom is -0.382 e. The van der Waals surface area contributed by atoms with Gasteiger partial charge in [-0.15, -0.1) is 0 Å². The minimum absolute atomic E-state index is 0.00463. The van der Waals surface area contributed by atoms with Gasteiger partial charge in [0.25, 0.3) is 0 Å². The van der Waals surface area contributed by atoms with Gasteiger partial charge in [-0.2, -0.15) is 0 Å². The van der Waals surface area contributed by atoms with Crippen LogP contribution >= 0.6 is 0 Å². The molecule has 1 aliphatic rings. The van der Waals surface area contributed by atoms with E-state index in [4.69, 9.17) is 9.47 Å². The molecule has 1 heterocycles. The lowest BCUT2D eigenvalue weighted by Crippen LogP contribution is -2.38. The molecule has 0 aromatic rings. The zero-order valence-corrected chi connectivity index (χ0v) is 11.1. The fourth-order valence-corrected chi connectivity index (χ4v) is 2.02. The molecule has 1 rings (SSSR count). The molecule has 0 saturated carbocycles. The summed E-state index contributed by atoms with van der Waals surface area (Å²) in [5.74, 6) is 0.191. The molecule has 5 nitrogen and oxygen atoms in total. The Hall–Kier alpha value is -0.650. The van der Waals surface area contributed by atoms with Crippen molar-refractivity contribution >= 4 is 5.91 Å². The quantitative estimate of drug-likeness (QED) is 0.679. The van der Waals surface area contributed by atoms with Crippen LogP contribution in [0.15, 0.2) is 0 Å². The number of rotatable bonds is 8. The van der Waals surface area contributed by atoms with Gasteiger partial charge in [0.15, 0.2) is 0 Å². The molecule has 2 unspecified atom stereocenters. The summed E-state index contributed by atoms with van der Waals surface area (Å²) in [4.78, 5) is 13.8. The van der Waals surface area contributed by atoms with Crippen LogP contribution in [0.2, 0.25) is 0 Å². The summed E-state index contributed by atoms with van der Waals surface area (Å²) in [6, 6.07) is -0.00463. The second-order valence-electron chi connectivity index (χ2n) is 4.43. The second-order valence-corrected chi connectivity index (χ2v) is 4.43. The van der Waals surface area contributed by atoms with Crippen molar-refractivity contribution in [3.63, 3.8) is 0 Å². The smallest absolute Gasteiger partial charge is 0.240 e. The third-order valence-electron chi connectivity index (χ3n) is 3.09. The van der Waals surface area contributed by atoms with Crippen molar-refractivity contribution in [1.82, 2.24) is 10.2 Å². The molecule has 1 fully saturated rings. The molecule has 0 radical (unpaired) electrons. The van der Waals surface area contributed by atoms with E-state index in [2.05, 4.69) is 12.2 Å². The van der Waals surface area contributed by atoms with E-state index >= 15 is 0 Å². The van der Waals surface area contributed by atoms with Crippen molar-refractivity contribution in [3.05, 3.63) is 0 Å². The summed E-state index contributed by atoms with van der Waals surface area (Å²) >= 11 is 0. The number of methoxy groups -OCH3 is 2. The van der Waals surface area contributed by atoms with E-state index in [9.17, 15) is 4.79 Å². The lowest BCUT2D eigenvalue weighted by molar-refractivity contribution is -0.131. The fraction of sp³-hybridized carbons (Fsp3) is 0.917. The third-order valence-corrected chi connectivity index (χ3v) is 3.09. The highest BCUT2D eigenvalue weighted by atomic mass is 16.5. The molecule has 17 heavy (non-hydrogen) atoms. The van der Waals surface area contributed by atoms with Gasteiger partial charge >= 0.3 is 0 Å². The van der Waals surface area contributed by atoms with E-state index in [1.54, 1.807) is 14.2 Å². The number of carbonyl (C=O) groups excluding carboxylic acids is 1. The van der Waals surface area contributed by atoms with Gasteiger partial charge in [0.1, 0.15) is 0 Å². The summed E-state index contributed by atoms with van der Waals surface area (Å²) in [5.41, 5.74) is 0. The van der Waals surface area contributed by atoms with Gasteiger partial charge in [0.05, 0.1) is 32.0 Å². The first-order chi connectivity index (χ1) is 8.22. The van der Waals surface area contributed by atoms with Gasteiger partial charge in [-0.05, 0) is 6.42 Å². The first-order valence-corrected chi connectivity index (χ1v) is 6.26. The van der Waals surface area contributed by atoms with Crippen molar-refractivity contribution in [1.29, 1.82) is 0 Å². The van der Waals surface area contributed by atoms with Crippen LogP contribution < -0.4 is 5.32 Å². The van der Waals surface area contributed by atoms with Gasteiger partial charge < -0.3 is 14.4 Å². The van der Waals surface area contributed by atoms with Crippen molar-refractivity contribution in [2.75, 3.05) is 34.0 Å². The van der Waals surface area contributed by atoms with E-state index in [0.29, 0.717) is 19.8 Å². The molecule has 100 valence electrons. The number of unbranched alkanes of at least 4 members (excludes halogenated alkanes) is 1. The molecule has 2 atom stereocenters. The second kappa shape index (κ2) is 7.63. The van der Waals surface area contributed by atoms with Gasteiger partial charge in [0.2, 0.25) is 5.91 Å². The average molecular weight is 244 g/mol. The maximum Gasteiger partial charge on any atom is 0.240 e. The molecule has 0 aromatic carbocycles. The molecular formula is C12H24N2O3. The van der Waals surface area contributed by atoms with Crippen LogP contribution in [0.4, 0.5) is 0 Å². The number of hydrogen-bond donors (Lipinski definition) is 1. The Morgan fingerprint density at radius 2 is 2.29 bits per heavy atom. The molecule has 1 saturated heterocycles. The summed E-state index contributed by atoms with van der Waals surface area (Å²) < 4.78 is 10.3. The van der Waals surface area contributed by atoms with Gasteiger partial charge in [-0.1, -0.05) is 19.8 Å². The first-order valence-electron chi connectivity index (χ1n) is 6.26. The number of nitrogens with zero attached hydrogens (tertiary/aromatic N) is 1. The summed E-state index contributed by atoms with van der Waals surface area (Å²) in [5, 5.41) is 3.24. The standard InChI is InChI=1S/C12H24N2O3/c1-4-5-6-11-12(15)14(9-13-11)7-10(17-3)8-16-2/h10-11,13H,4-9H2,1-3H3. The van der Waals surface area contributed by atoms with Crippen molar-refractivity contribution in [2.24, 2.45) is 0 Å².